The molecule has 1 aliphatic rings. The zero-order valence-electron chi connectivity index (χ0n) is 17.5. The van der Waals surface area contributed by atoms with E-state index in [1.807, 2.05) is 19.9 Å². The first-order valence-electron chi connectivity index (χ1n) is 9.70. The van der Waals surface area contributed by atoms with Crippen LogP contribution >= 0.6 is 0 Å². The lowest BCUT2D eigenvalue weighted by atomic mass is 9.92. The molecule has 2 atom stereocenters. The van der Waals surface area contributed by atoms with E-state index in [9.17, 15) is 19.2 Å². The Hall–Kier alpha value is -3.41. The van der Waals surface area contributed by atoms with E-state index >= 15 is 0 Å². The van der Waals surface area contributed by atoms with Gasteiger partial charge in [0, 0.05) is 5.69 Å². The summed E-state index contributed by atoms with van der Waals surface area (Å²) >= 11 is 0. The van der Waals surface area contributed by atoms with E-state index in [0.717, 1.165) is 11.3 Å². The number of amides is 4. The smallest absolute Gasteiger partial charge is 0.327 e. The Balaban J connectivity index is 1.90. The minimum Gasteiger partial charge on any atom is -0.451 e. The first-order chi connectivity index (χ1) is 14.1. The van der Waals surface area contributed by atoms with E-state index < -0.39 is 42.0 Å². The largest absolute Gasteiger partial charge is 0.451 e. The number of carbonyl (C=O) groups excluding carboxylic acids is 4. The molecular weight excluding hydrogens is 388 g/mol. The lowest BCUT2D eigenvalue weighted by Gasteiger charge is -2.22. The first-order valence-corrected chi connectivity index (χ1v) is 9.70. The maximum Gasteiger partial charge on any atom is 0.327 e. The molecule has 1 aromatic carbocycles. The van der Waals surface area contributed by atoms with Gasteiger partial charge in [0.05, 0.1) is 11.6 Å². The van der Waals surface area contributed by atoms with Crippen LogP contribution in [0.2, 0.25) is 0 Å². The number of esters is 1. The molecule has 30 heavy (non-hydrogen) atoms. The molecule has 1 aromatic rings. The summed E-state index contributed by atoms with van der Waals surface area (Å²) in [5.74, 6) is -1.57. The van der Waals surface area contributed by atoms with Gasteiger partial charge in [-0.05, 0) is 56.9 Å². The van der Waals surface area contributed by atoms with Gasteiger partial charge in [-0.1, -0.05) is 13.8 Å². The van der Waals surface area contributed by atoms with Crippen molar-refractivity contribution >= 4 is 29.5 Å². The van der Waals surface area contributed by atoms with Crippen LogP contribution in [0.1, 0.15) is 46.1 Å². The summed E-state index contributed by atoms with van der Waals surface area (Å²) in [6.45, 7) is 6.48. The number of ether oxygens (including phenoxy) is 1. The van der Waals surface area contributed by atoms with Gasteiger partial charge in [0.1, 0.15) is 12.1 Å². The van der Waals surface area contributed by atoms with E-state index in [1.165, 1.54) is 6.92 Å². The van der Waals surface area contributed by atoms with Crippen molar-refractivity contribution in [3.63, 3.8) is 0 Å². The molecule has 0 radical (unpaired) electrons. The van der Waals surface area contributed by atoms with E-state index in [-0.39, 0.29) is 0 Å². The van der Waals surface area contributed by atoms with Crippen molar-refractivity contribution in [2.75, 3.05) is 11.9 Å². The second-order valence-corrected chi connectivity index (χ2v) is 7.90. The number of nitriles is 1. The summed E-state index contributed by atoms with van der Waals surface area (Å²) in [6.07, 6.45) is 0.0682. The molecule has 0 bridgehead atoms. The van der Waals surface area contributed by atoms with Gasteiger partial charge < -0.3 is 15.4 Å². The monoisotopic (exact) mass is 414 g/mol. The number of anilines is 1. The van der Waals surface area contributed by atoms with Crippen LogP contribution in [-0.4, -0.2) is 46.9 Å². The lowest BCUT2D eigenvalue weighted by Crippen LogP contribution is -2.44. The zero-order chi connectivity index (χ0) is 22.5. The van der Waals surface area contributed by atoms with Gasteiger partial charge in [0.15, 0.2) is 6.10 Å². The van der Waals surface area contributed by atoms with E-state index in [1.54, 1.807) is 31.2 Å². The van der Waals surface area contributed by atoms with Crippen molar-refractivity contribution in [2.24, 2.45) is 5.92 Å². The molecule has 0 unspecified atom stereocenters. The summed E-state index contributed by atoms with van der Waals surface area (Å²) in [5.41, 5.74) is -0.168. The standard InChI is InChI=1S/C21H26N4O5/c1-13(2)9-10-21(4)19(28)25(20(29)24-21)12-17(26)30-14(3)18(27)23-16-7-5-15(11-22)6-8-16/h5-8,13-14H,9-10,12H2,1-4H3,(H,23,27)(H,24,29)/t14-,21+/m1/s1. The van der Waals surface area contributed by atoms with Gasteiger partial charge in [0.2, 0.25) is 0 Å². The Morgan fingerprint density at radius 1 is 1.23 bits per heavy atom. The molecule has 2 rings (SSSR count). The molecule has 9 nitrogen and oxygen atoms in total. The number of imide groups is 1. The number of hydrogen-bond donors (Lipinski definition) is 2. The van der Waals surface area contributed by atoms with Gasteiger partial charge in [-0.2, -0.15) is 5.26 Å². The van der Waals surface area contributed by atoms with Crippen LogP contribution in [-0.2, 0) is 19.1 Å². The summed E-state index contributed by atoms with van der Waals surface area (Å²) in [5, 5.41) is 14.0. The van der Waals surface area contributed by atoms with Crippen LogP contribution in [0.4, 0.5) is 10.5 Å². The zero-order valence-corrected chi connectivity index (χ0v) is 17.5. The normalized spacial score (nSPS) is 19.3. The third-order valence-corrected chi connectivity index (χ3v) is 4.81. The van der Waals surface area contributed by atoms with E-state index in [0.29, 0.717) is 23.6 Å². The molecule has 9 heteroatoms. The van der Waals surface area contributed by atoms with Crippen LogP contribution in [0.5, 0.6) is 0 Å². The fourth-order valence-corrected chi connectivity index (χ4v) is 2.93. The first kappa shape index (κ1) is 22.9. The van der Waals surface area contributed by atoms with Crippen LogP contribution < -0.4 is 10.6 Å². The molecule has 160 valence electrons. The van der Waals surface area contributed by atoms with Crippen LogP contribution in [0.25, 0.3) is 0 Å². The van der Waals surface area contributed by atoms with Crippen LogP contribution in [0, 0.1) is 17.2 Å². The fraction of sp³-hybridized carbons (Fsp3) is 0.476. The van der Waals surface area contributed by atoms with E-state index in [4.69, 9.17) is 10.00 Å². The van der Waals surface area contributed by atoms with Crippen molar-refractivity contribution in [1.82, 2.24) is 10.2 Å². The number of urea groups is 1. The number of rotatable bonds is 8. The highest BCUT2D eigenvalue weighted by molar-refractivity contribution is 6.08. The topological polar surface area (TPSA) is 129 Å². The van der Waals surface area contributed by atoms with Crippen LogP contribution in [0.15, 0.2) is 24.3 Å². The maximum absolute atomic E-state index is 12.6. The van der Waals surface area contributed by atoms with Gasteiger partial charge >= 0.3 is 12.0 Å². The summed E-state index contributed by atoms with van der Waals surface area (Å²) in [7, 11) is 0. The lowest BCUT2D eigenvalue weighted by molar-refractivity contribution is -0.155. The number of nitrogens with zero attached hydrogens (tertiary/aromatic N) is 2. The molecular formula is C21H26N4O5. The molecule has 1 saturated heterocycles. The van der Waals surface area contributed by atoms with Gasteiger partial charge in [-0.3, -0.25) is 19.3 Å². The molecule has 2 N–H and O–H groups in total. The summed E-state index contributed by atoms with van der Waals surface area (Å²) < 4.78 is 5.08. The third-order valence-electron chi connectivity index (χ3n) is 4.81. The molecule has 0 spiro atoms. The minimum atomic E-state index is -1.14. The van der Waals surface area contributed by atoms with Gasteiger partial charge in [-0.15, -0.1) is 0 Å². The van der Waals surface area contributed by atoms with Crippen molar-refractivity contribution in [3.8, 4) is 6.07 Å². The Morgan fingerprint density at radius 3 is 2.43 bits per heavy atom. The minimum absolute atomic E-state index is 0.362. The SMILES string of the molecule is CC(C)CC[C@]1(C)NC(=O)N(CC(=O)O[C@H](C)C(=O)Nc2ccc(C#N)cc2)C1=O. The predicted octanol–water partition coefficient (Wildman–Crippen LogP) is 2.18. The highest BCUT2D eigenvalue weighted by Crippen LogP contribution is 2.24. The second kappa shape index (κ2) is 9.39. The van der Waals surface area contributed by atoms with E-state index in [2.05, 4.69) is 10.6 Å². The Bertz CT molecular complexity index is 874. The van der Waals surface area contributed by atoms with Crippen molar-refractivity contribution in [2.45, 2.75) is 52.2 Å². The third kappa shape index (κ3) is 5.56. The van der Waals surface area contributed by atoms with Crippen molar-refractivity contribution in [3.05, 3.63) is 29.8 Å². The summed E-state index contributed by atoms with van der Waals surface area (Å²) in [6, 6.07) is 7.50. The number of hydrogen-bond acceptors (Lipinski definition) is 6. The number of nitrogens with one attached hydrogen (secondary N) is 2. The summed E-state index contributed by atoms with van der Waals surface area (Å²) in [4.78, 5) is 50.0. The molecule has 0 saturated carbocycles. The molecule has 0 aliphatic carbocycles. The number of benzene rings is 1. The molecule has 4 amide bonds. The molecule has 1 fully saturated rings. The van der Waals surface area contributed by atoms with Crippen molar-refractivity contribution < 1.29 is 23.9 Å². The van der Waals surface area contributed by atoms with Gasteiger partial charge in [-0.25, -0.2) is 4.79 Å². The van der Waals surface area contributed by atoms with Crippen molar-refractivity contribution in [1.29, 1.82) is 5.26 Å². The number of carbonyl (C=O) groups is 4. The molecule has 1 heterocycles. The maximum atomic E-state index is 12.6. The second-order valence-electron chi connectivity index (χ2n) is 7.90. The van der Waals surface area contributed by atoms with Crippen LogP contribution in [0.3, 0.4) is 0 Å². The molecule has 0 aromatic heterocycles. The highest BCUT2D eigenvalue weighted by atomic mass is 16.5. The quantitative estimate of drug-likeness (QED) is 0.495. The predicted molar refractivity (Wildman–Crippen MR) is 108 cm³/mol. The molecule has 1 aliphatic heterocycles. The Labute approximate surface area is 175 Å². The Kier molecular flexibility index (Phi) is 7.16. The average Bonchev–Trinajstić information content (AvgIpc) is 2.90. The van der Waals surface area contributed by atoms with Gasteiger partial charge in [0.25, 0.3) is 11.8 Å². The highest BCUT2D eigenvalue weighted by Gasteiger charge is 2.48. The fourth-order valence-electron chi connectivity index (χ4n) is 2.93. The average molecular weight is 414 g/mol. The Morgan fingerprint density at radius 2 is 1.87 bits per heavy atom.